The number of furan rings is 2. The Morgan fingerprint density at radius 2 is 1.06 bits per heavy atom. The van der Waals surface area contributed by atoms with Gasteiger partial charge in [-0.1, -0.05) is 72.6 Å². The standard InChI is InChI=1S/C18H30O2.C9H12O2.CH4.Ca/c1-4-5-6-7-8-9-10-11-12-13-17(19)18-14-15(2)16(3)20-18;1-4-8(10)9-5-6(2)7(3)11-9;;/h14H,4-13H2,1-3H3;5H,4H2,1-3H3;1H4;/q;;;+2. The number of hydrogen-bond acceptors (Lipinski definition) is 4. The number of Topliss-reactive ketones (excluding diaryl/α,β-unsaturated/α-hetero) is 2. The quantitative estimate of drug-likeness (QED) is 0.161. The van der Waals surface area contributed by atoms with E-state index in [1.54, 1.807) is 6.07 Å². The Morgan fingerprint density at radius 1 is 0.667 bits per heavy atom. The van der Waals surface area contributed by atoms with Crippen molar-refractivity contribution >= 4 is 49.3 Å². The fraction of sp³-hybridized carbons (Fsp3) is 0.643. The minimum Gasteiger partial charge on any atom is -0.458 e. The number of ketones is 2. The van der Waals surface area contributed by atoms with E-state index in [0.29, 0.717) is 24.4 Å². The van der Waals surface area contributed by atoms with Crippen molar-refractivity contribution < 1.29 is 18.4 Å². The summed E-state index contributed by atoms with van der Waals surface area (Å²) in [6.07, 6.45) is 12.7. The predicted molar refractivity (Wildman–Crippen MR) is 140 cm³/mol. The first-order valence-corrected chi connectivity index (χ1v) is 12.0. The third-order valence-corrected chi connectivity index (χ3v) is 5.71. The van der Waals surface area contributed by atoms with Gasteiger partial charge in [0.1, 0.15) is 11.5 Å². The molecule has 4 nitrogen and oxygen atoms in total. The molecule has 0 bridgehead atoms. The molecule has 5 heteroatoms. The molecule has 182 valence electrons. The summed E-state index contributed by atoms with van der Waals surface area (Å²) in [5.74, 6) is 2.95. The van der Waals surface area contributed by atoms with Crippen LogP contribution in [0.3, 0.4) is 0 Å². The summed E-state index contributed by atoms with van der Waals surface area (Å²) >= 11 is 0. The molecule has 0 aliphatic carbocycles. The van der Waals surface area contributed by atoms with Crippen LogP contribution in [0.2, 0.25) is 0 Å². The second-order valence-electron chi connectivity index (χ2n) is 8.48. The second-order valence-corrected chi connectivity index (χ2v) is 8.48. The van der Waals surface area contributed by atoms with Crippen molar-refractivity contribution in [3.8, 4) is 0 Å². The molecule has 0 aliphatic rings. The topological polar surface area (TPSA) is 60.4 Å². The van der Waals surface area contributed by atoms with Gasteiger partial charge in [-0.15, -0.1) is 0 Å². The molecule has 0 aliphatic heterocycles. The van der Waals surface area contributed by atoms with Crippen LogP contribution in [0.1, 0.15) is 136 Å². The molecule has 0 fully saturated rings. The van der Waals surface area contributed by atoms with E-state index in [0.717, 1.165) is 35.5 Å². The number of carbonyl (C=O) groups excluding carboxylic acids is 2. The monoisotopic (exact) mass is 486 g/mol. The summed E-state index contributed by atoms with van der Waals surface area (Å²) in [7, 11) is 0. The molecule has 2 heterocycles. The molecule has 0 saturated carbocycles. The van der Waals surface area contributed by atoms with Crippen LogP contribution in [0, 0.1) is 27.7 Å². The predicted octanol–water partition coefficient (Wildman–Crippen LogP) is 8.74. The molecule has 0 amide bonds. The Morgan fingerprint density at radius 3 is 1.42 bits per heavy atom. The van der Waals surface area contributed by atoms with Gasteiger partial charge in [0.2, 0.25) is 0 Å². The fourth-order valence-corrected chi connectivity index (χ4v) is 3.31. The van der Waals surface area contributed by atoms with Crippen molar-refractivity contribution in [2.24, 2.45) is 0 Å². The summed E-state index contributed by atoms with van der Waals surface area (Å²) in [4.78, 5) is 23.0. The van der Waals surface area contributed by atoms with Crippen molar-refractivity contribution in [2.75, 3.05) is 0 Å². The van der Waals surface area contributed by atoms with E-state index in [2.05, 4.69) is 6.92 Å². The van der Waals surface area contributed by atoms with Gasteiger partial charge in [0.05, 0.1) is 0 Å². The normalized spacial score (nSPS) is 10.0. The van der Waals surface area contributed by atoms with Crippen LogP contribution in [0.15, 0.2) is 21.0 Å². The molecule has 33 heavy (non-hydrogen) atoms. The Kier molecular flexibility index (Phi) is 20.2. The molecule has 2 rings (SSSR count). The van der Waals surface area contributed by atoms with Crippen molar-refractivity contribution in [1.29, 1.82) is 0 Å². The summed E-state index contributed by atoms with van der Waals surface area (Å²) in [6.45, 7) is 11.8. The Balaban J connectivity index is 0. The smallest absolute Gasteiger partial charge is 0.458 e. The summed E-state index contributed by atoms with van der Waals surface area (Å²) < 4.78 is 10.7. The van der Waals surface area contributed by atoms with E-state index in [1.165, 1.54) is 44.9 Å². The summed E-state index contributed by atoms with van der Waals surface area (Å²) in [5, 5.41) is 0. The van der Waals surface area contributed by atoms with Gasteiger partial charge in [0, 0.05) is 12.8 Å². The van der Waals surface area contributed by atoms with Crippen LogP contribution in [0.5, 0.6) is 0 Å². The maximum absolute atomic E-state index is 11.9. The van der Waals surface area contributed by atoms with Crippen LogP contribution in [-0.2, 0) is 0 Å². The molecule has 2 aromatic heterocycles. The third-order valence-electron chi connectivity index (χ3n) is 5.71. The zero-order valence-electron chi connectivity index (χ0n) is 21.3. The molecule has 0 aromatic carbocycles. The average molecular weight is 487 g/mol. The van der Waals surface area contributed by atoms with E-state index < -0.39 is 0 Å². The van der Waals surface area contributed by atoms with Gasteiger partial charge in [-0.2, -0.15) is 0 Å². The fourth-order valence-electron chi connectivity index (χ4n) is 3.31. The zero-order chi connectivity index (χ0) is 23.2. The largest absolute Gasteiger partial charge is 2.00 e. The van der Waals surface area contributed by atoms with Crippen molar-refractivity contribution in [3.05, 3.63) is 46.3 Å². The SMILES string of the molecule is C.CCC(=O)c1cc(C)c(C)o1.CCCCCCCCCCCC(=O)c1cc(C)c(C)o1.[Ca+2]. The molecular weight excluding hydrogens is 440 g/mol. The van der Waals surface area contributed by atoms with Crippen molar-refractivity contribution in [1.82, 2.24) is 0 Å². The molecule has 0 N–H and O–H groups in total. The number of aryl methyl sites for hydroxylation is 4. The van der Waals surface area contributed by atoms with E-state index in [4.69, 9.17) is 8.83 Å². The summed E-state index contributed by atoms with van der Waals surface area (Å²) in [6, 6.07) is 3.66. The second kappa shape index (κ2) is 19.5. The molecule has 0 radical (unpaired) electrons. The average Bonchev–Trinajstić information content (AvgIpc) is 3.27. The van der Waals surface area contributed by atoms with E-state index in [-0.39, 0.29) is 56.7 Å². The van der Waals surface area contributed by atoms with Gasteiger partial charge < -0.3 is 8.83 Å². The first-order chi connectivity index (χ1) is 14.8. The molecule has 0 atom stereocenters. The maximum Gasteiger partial charge on any atom is 2.00 e. The zero-order valence-corrected chi connectivity index (χ0v) is 23.5. The minimum atomic E-state index is 0. The van der Waals surface area contributed by atoms with Crippen LogP contribution < -0.4 is 0 Å². The molecule has 0 saturated heterocycles. The first kappa shape index (κ1) is 34.3. The minimum absolute atomic E-state index is 0. The molecular formula is C28H46CaO4+2. The molecule has 2 aromatic rings. The van der Waals surface area contributed by atoms with E-state index in [1.807, 2.05) is 40.7 Å². The van der Waals surface area contributed by atoms with Crippen LogP contribution >= 0.6 is 0 Å². The van der Waals surface area contributed by atoms with Crippen molar-refractivity contribution in [2.45, 2.75) is 120 Å². The first-order valence-electron chi connectivity index (χ1n) is 12.0. The van der Waals surface area contributed by atoms with Gasteiger partial charge in [0.15, 0.2) is 23.1 Å². The van der Waals surface area contributed by atoms with Crippen molar-refractivity contribution in [3.63, 3.8) is 0 Å². The van der Waals surface area contributed by atoms with Crippen LogP contribution in [0.25, 0.3) is 0 Å². The van der Waals surface area contributed by atoms with Gasteiger partial charge in [-0.25, -0.2) is 0 Å². The van der Waals surface area contributed by atoms with Gasteiger partial charge in [-0.3, -0.25) is 9.59 Å². The molecule has 0 spiro atoms. The van der Waals surface area contributed by atoms with Gasteiger partial charge in [-0.05, 0) is 57.4 Å². The Labute approximate surface area is 232 Å². The van der Waals surface area contributed by atoms with E-state index in [9.17, 15) is 9.59 Å². The van der Waals surface area contributed by atoms with Crippen LogP contribution in [-0.4, -0.2) is 49.3 Å². The number of carbonyl (C=O) groups is 2. The number of unbranched alkanes of at least 4 members (excludes halogenated alkanes) is 8. The van der Waals surface area contributed by atoms with Gasteiger partial charge >= 0.3 is 37.7 Å². The maximum atomic E-state index is 11.9. The third kappa shape index (κ3) is 13.6. The number of hydrogen-bond donors (Lipinski definition) is 0. The summed E-state index contributed by atoms with van der Waals surface area (Å²) in [5.41, 5.74) is 2.11. The van der Waals surface area contributed by atoms with Crippen LogP contribution in [0.4, 0.5) is 0 Å². The Bertz CT molecular complexity index is 762. The van der Waals surface area contributed by atoms with E-state index >= 15 is 0 Å². The number of rotatable bonds is 13. The van der Waals surface area contributed by atoms with Gasteiger partial charge in [0.25, 0.3) is 0 Å². The molecule has 0 unspecified atom stereocenters. The Hall–Kier alpha value is -0.840.